The van der Waals surface area contributed by atoms with E-state index >= 15 is 0 Å². The highest BCUT2D eigenvalue weighted by Crippen LogP contribution is 2.19. The molecule has 0 unspecified atom stereocenters. The van der Waals surface area contributed by atoms with E-state index in [2.05, 4.69) is 19.2 Å². The summed E-state index contributed by atoms with van der Waals surface area (Å²) >= 11 is 0. The normalized spacial score (nSPS) is 10.5. The molecule has 2 rings (SSSR count). The standard InChI is InChI=1S/C21H25NO4/c1-14(2)17-8-10-18(11-9-17)25-13-20(24)26-12-19(23)22-21-15(3)6-5-7-16(21)4/h5-11,14H,12-13H2,1-4H3,(H,22,23). The molecule has 0 spiro atoms. The number of esters is 1. The third kappa shape index (κ3) is 5.62. The smallest absolute Gasteiger partial charge is 0.344 e. The van der Waals surface area contributed by atoms with Crippen LogP contribution in [-0.2, 0) is 14.3 Å². The Balaban J connectivity index is 1.77. The van der Waals surface area contributed by atoms with Gasteiger partial charge in [0.15, 0.2) is 13.2 Å². The summed E-state index contributed by atoms with van der Waals surface area (Å²) in [4.78, 5) is 23.7. The second kappa shape index (κ2) is 9.04. The van der Waals surface area contributed by atoms with Crippen LogP contribution in [0.5, 0.6) is 5.75 Å². The van der Waals surface area contributed by atoms with Crippen molar-refractivity contribution in [2.75, 3.05) is 18.5 Å². The number of benzene rings is 2. The van der Waals surface area contributed by atoms with Gasteiger partial charge in [-0.2, -0.15) is 0 Å². The van der Waals surface area contributed by atoms with Crippen molar-refractivity contribution in [3.05, 3.63) is 59.2 Å². The van der Waals surface area contributed by atoms with E-state index in [4.69, 9.17) is 9.47 Å². The maximum atomic E-state index is 12.0. The van der Waals surface area contributed by atoms with Gasteiger partial charge in [-0.1, -0.05) is 44.2 Å². The number of rotatable bonds is 7. The van der Waals surface area contributed by atoms with Crippen LogP contribution < -0.4 is 10.1 Å². The van der Waals surface area contributed by atoms with E-state index in [9.17, 15) is 9.59 Å². The molecule has 26 heavy (non-hydrogen) atoms. The van der Waals surface area contributed by atoms with Crippen molar-refractivity contribution in [1.82, 2.24) is 0 Å². The highest BCUT2D eigenvalue weighted by Gasteiger charge is 2.11. The highest BCUT2D eigenvalue weighted by atomic mass is 16.6. The van der Waals surface area contributed by atoms with Crippen molar-refractivity contribution >= 4 is 17.6 Å². The topological polar surface area (TPSA) is 64.6 Å². The molecule has 0 saturated carbocycles. The highest BCUT2D eigenvalue weighted by molar-refractivity contribution is 5.94. The summed E-state index contributed by atoms with van der Waals surface area (Å²) in [6.45, 7) is 7.45. The van der Waals surface area contributed by atoms with Gasteiger partial charge >= 0.3 is 5.97 Å². The summed E-state index contributed by atoms with van der Waals surface area (Å²) in [5.74, 6) is 0.0578. The molecule has 0 atom stereocenters. The van der Waals surface area contributed by atoms with E-state index in [0.717, 1.165) is 16.8 Å². The SMILES string of the molecule is Cc1cccc(C)c1NC(=O)COC(=O)COc1ccc(C(C)C)cc1. The van der Waals surface area contributed by atoms with Crippen LogP contribution in [0.3, 0.4) is 0 Å². The lowest BCUT2D eigenvalue weighted by molar-refractivity contribution is -0.149. The summed E-state index contributed by atoms with van der Waals surface area (Å²) in [5, 5.41) is 2.77. The first-order valence-electron chi connectivity index (χ1n) is 8.61. The summed E-state index contributed by atoms with van der Waals surface area (Å²) in [7, 11) is 0. The molecule has 0 aliphatic rings. The summed E-state index contributed by atoms with van der Waals surface area (Å²) in [6, 6.07) is 13.3. The molecule has 5 heteroatoms. The number of anilines is 1. The van der Waals surface area contributed by atoms with Crippen LogP contribution in [0.2, 0.25) is 0 Å². The van der Waals surface area contributed by atoms with Crippen LogP contribution >= 0.6 is 0 Å². The molecule has 5 nitrogen and oxygen atoms in total. The largest absolute Gasteiger partial charge is 0.482 e. The van der Waals surface area contributed by atoms with Crippen molar-refractivity contribution in [2.24, 2.45) is 0 Å². The summed E-state index contributed by atoms with van der Waals surface area (Å²) < 4.78 is 10.3. The Hall–Kier alpha value is -2.82. The molecule has 0 heterocycles. The van der Waals surface area contributed by atoms with Gasteiger partial charge in [0.2, 0.25) is 0 Å². The molecule has 0 aliphatic heterocycles. The predicted octanol–water partition coefficient (Wildman–Crippen LogP) is 3.99. The lowest BCUT2D eigenvalue weighted by Gasteiger charge is -2.12. The molecule has 2 aromatic carbocycles. The minimum atomic E-state index is -0.588. The molecule has 0 radical (unpaired) electrons. The molecule has 1 amide bonds. The third-order valence-electron chi connectivity index (χ3n) is 4.01. The zero-order valence-corrected chi connectivity index (χ0v) is 15.7. The van der Waals surface area contributed by atoms with Crippen LogP contribution in [0, 0.1) is 13.8 Å². The van der Waals surface area contributed by atoms with Crippen molar-refractivity contribution in [3.8, 4) is 5.75 Å². The molecule has 2 aromatic rings. The number of para-hydroxylation sites is 1. The molecule has 0 fully saturated rings. The zero-order valence-electron chi connectivity index (χ0n) is 15.7. The quantitative estimate of drug-likeness (QED) is 0.763. The van der Waals surface area contributed by atoms with Crippen LogP contribution in [0.1, 0.15) is 36.5 Å². The minimum absolute atomic E-state index is 0.238. The first kappa shape index (κ1) is 19.5. The maximum absolute atomic E-state index is 12.0. The van der Waals surface area contributed by atoms with Gasteiger partial charge in [0.05, 0.1) is 0 Å². The molecule has 0 bridgehead atoms. The van der Waals surface area contributed by atoms with Gasteiger partial charge in [0.1, 0.15) is 5.75 Å². The van der Waals surface area contributed by atoms with Crippen LogP contribution in [-0.4, -0.2) is 25.1 Å². The zero-order chi connectivity index (χ0) is 19.1. The van der Waals surface area contributed by atoms with E-state index in [0.29, 0.717) is 11.7 Å². The monoisotopic (exact) mass is 355 g/mol. The number of ether oxygens (including phenoxy) is 2. The van der Waals surface area contributed by atoms with Gasteiger partial charge in [-0.25, -0.2) is 4.79 Å². The Morgan fingerprint density at radius 3 is 2.15 bits per heavy atom. The second-order valence-corrected chi connectivity index (χ2v) is 6.49. The van der Waals surface area contributed by atoms with E-state index in [1.807, 2.05) is 56.3 Å². The Bertz CT molecular complexity index is 746. The fraction of sp³-hybridized carbons (Fsp3) is 0.333. The third-order valence-corrected chi connectivity index (χ3v) is 4.01. The van der Waals surface area contributed by atoms with Crippen molar-refractivity contribution in [3.63, 3.8) is 0 Å². The van der Waals surface area contributed by atoms with Crippen molar-refractivity contribution < 1.29 is 19.1 Å². The van der Waals surface area contributed by atoms with Gasteiger partial charge in [-0.3, -0.25) is 4.79 Å². The van der Waals surface area contributed by atoms with Crippen LogP contribution in [0.4, 0.5) is 5.69 Å². The number of nitrogens with one attached hydrogen (secondary N) is 1. The van der Waals surface area contributed by atoms with Gasteiger partial charge in [-0.05, 0) is 48.6 Å². The van der Waals surface area contributed by atoms with Gasteiger partial charge in [0.25, 0.3) is 5.91 Å². The number of hydrogen-bond acceptors (Lipinski definition) is 4. The average molecular weight is 355 g/mol. The lowest BCUT2D eigenvalue weighted by Crippen LogP contribution is -2.24. The molecule has 138 valence electrons. The minimum Gasteiger partial charge on any atom is -0.482 e. The van der Waals surface area contributed by atoms with Crippen molar-refractivity contribution in [1.29, 1.82) is 0 Å². The van der Waals surface area contributed by atoms with Gasteiger partial charge < -0.3 is 14.8 Å². The molecule has 1 N–H and O–H groups in total. The average Bonchev–Trinajstić information content (AvgIpc) is 2.61. The Morgan fingerprint density at radius 1 is 0.962 bits per heavy atom. The molecular formula is C21H25NO4. The summed E-state index contributed by atoms with van der Waals surface area (Å²) in [5.41, 5.74) is 3.86. The van der Waals surface area contributed by atoms with E-state index < -0.39 is 5.97 Å². The van der Waals surface area contributed by atoms with Gasteiger partial charge in [0, 0.05) is 5.69 Å². The molecule has 0 aliphatic carbocycles. The van der Waals surface area contributed by atoms with Crippen molar-refractivity contribution in [2.45, 2.75) is 33.6 Å². The number of hydrogen-bond donors (Lipinski definition) is 1. The first-order valence-corrected chi connectivity index (χ1v) is 8.61. The van der Waals surface area contributed by atoms with Gasteiger partial charge in [-0.15, -0.1) is 0 Å². The fourth-order valence-electron chi connectivity index (χ4n) is 2.47. The number of aryl methyl sites for hydroxylation is 2. The van der Waals surface area contributed by atoms with E-state index in [1.54, 1.807) is 0 Å². The molecule has 0 aromatic heterocycles. The lowest BCUT2D eigenvalue weighted by atomic mass is 10.0. The number of carbonyl (C=O) groups is 2. The fourth-order valence-corrected chi connectivity index (χ4v) is 2.47. The second-order valence-electron chi connectivity index (χ2n) is 6.49. The van der Waals surface area contributed by atoms with Crippen LogP contribution in [0.25, 0.3) is 0 Å². The molecular weight excluding hydrogens is 330 g/mol. The maximum Gasteiger partial charge on any atom is 0.344 e. The summed E-state index contributed by atoms with van der Waals surface area (Å²) in [6.07, 6.45) is 0. The van der Waals surface area contributed by atoms with E-state index in [1.165, 1.54) is 5.56 Å². The number of amides is 1. The van der Waals surface area contributed by atoms with E-state index in [-0.39, 0.29) is 19.1 Å². The predicted molar refractivity (Wildman–Crippen MR) is 102 cm³/mol. The Morgan fingerprint density at radius 2 is 1.58 bits per heavy atom. The van der Waals surface area contributed by atoms with Crippen LogP contribution in [0.15, 0.2) is 42.5 Å². The Kier molecular flexibility index (Phi) is 6.78. The number of carbonyl (C=O) groups excluding carboxylic acids is 2. The molecule has 0 saturated heterocycles. The Labute approximate surface area is 154 Å². The first-order chi connectivity index (χ1) is 12.4.